The average Bonchev–Trinajstić information content (AvgIpc) is 2.79. The largest absolute Gasteiger partial charge is 0.103 e. The van der Waals surface area contributed by atoms with Crippen LogP contribution in [0.1, 0.15) is 46.0 Å². The van der Waals surface area contributed by atoms with Gasteiger partial charge in [-0.1, -0.05) is 44.9 Å². The van der Waals surface area contributed by atoms with Gasteiger partial charge in [-0.25, -0.2) is 0 Å². The third-order valence-electron chi connectivity index (χ3n) is 2.18. The molecule has 0 heterocycles. The van der Waals surface area contributed by atoms with Gasteiger partial charge in [0.1, 0.15) is 0 Å². The zero-order valence-corrected chi connectivity index (χ0v) is 8.60. The van der Waals surface area contributed by atoms with E-state index in [1.54, 1.807) is 0 Å². The number of rotatable bonds is 4. The first kappa shape index (κ1) is 11.5. The molecule has 12 heavy (non-hydrogen) atoms. The Labute approximate surface area is 77.4 Å². The third-order valence-corrected chi connectivity index (χ3v) is 2.18. The second-order valence-electron chi connectivity index (χ2n) is 3.40. The molecule has 1 unspecified atom stereocenters. The monoisotopic (exact) mass is 166 g/mol. The van der Waals surface area contributed by atoms with Crippen LogP contribution in [0.4, 0.5) is 0 Å². The molecule has 0 saturated heterocycles. The van der Waals surface area contributed by atoms with Crippen molar-refractivity contribution < 1.29 is 0 Å². The highest BCUT2D eigenvalue weighted by Crippen LogP contribution is 2.37. The second kappa shape index (κ2) is 7.15. The van der Waals surface area contributed by atoms with E-state index in [9.17, 15) is 0 Å². The molecule has 0 aromatic carbocycles. The zero-order chi connectivity index (χ0) is 9.40. The summed E-state index contributed by atoms with van der Waals surface area (Å²) in [5.74, 6) is 0.907. The van der Waals surface area contributed by atoms with E-state index in [1.165, 1.54) is 37.7 Å². The van der Waals surface area contributed by atoms with Gasteiger partial charge in [-0.05, 0) is 25.2 Å². The van der Waals surface area contributed by atoms with Crippen molar-refractivity contribution in [3.63, 3.8) is 0 Å². The normalized spacial score (nSPS) is 19.5. The first-order valence-electron chi connectivity index (χ1n) is 5.04. The molecule has 0 aromatic rings. The van der Waals surface area contributed by atoms with Gasteiger partial charge in [0, 0.05) is 0 Å². The SMILES string of the molecule is C=C1CC1CC.C=CCCCC. The summed E-state index contributed by atoms with van der Waals surface area (Å²) >= 11 is 0. The van der Waals surface area contributed by atoms with Gasteiger partial charge in [0.15, 0.2) is 0 Å². The summed E-state index contributed by atoms with van der Waals surface area (Å²) < 4.78 is 0. The van der Waals surface area contributed by atoms with Crippen molar-refractivity contribution in [2.75, 3.05) is 0 Å². The summed E-state index contributed by atoms with van der Waals surface area (Å²) in [6.45, 7) is 11.8. The van der Waals surface area contributed by atoms with E-state index in [2.05, 4.69) is 27.0 Å². The van der Waals surface area contributed by atoms with Gasteiger partial charge < -0.3 is 0 Å². The lowest BCUT2D eigenvalue weighted by atomic mass is 10.3. The maximum Gasteiger partial charge on any atom is -0.0171 e. The molecule has 1 atom stereocenters. The Bertz CT molecular complexity index is 133. The van der Waals surface area contributed by atoms with E-state index in [0.717, 1.165) is 5.92 Å². The Morgan fingerprint density at radius 3 is 2.17 bits per heavy atom. The van der Waals surface area contributed by atoms with Gasteiger partial charge in [-0.15, -0.1) is 6.58 Å². The van der Waals surface area contributed by atoms with E-state index < -0.39 is 0 Å². The smallest absolute Gasteiger partial charge is 0.0171 e. The maximum absolute atomic E-state index is 3.82. The Kier molecular flexibility index (Phi) is 6.84. The predicted molar refractivity (Wildman–Crippen MR) is 57.3 cm³/mol. The molecule has 70 valence electrons. The number of hydrogen-bond acceptors (Lipinski definition) is 0. The molecule has 1 aliphatic carbocycles. The highest BCUT2D eigenvalue weighted by molar-refractivity contribution is 5.17. The van der Waals surface area contributed by atoms with Crippen LogP contribution in [0.25, 0.3) is 0 Å². The molecular formula is C12H22. The fraction of sp³-hybridized carbons (Fsp3) is 0.667. The van der Waals surface area contributed by atoms with Crippen LogP contribution in [-0.2, 0) is 0 Å². The first-order valence-corrected chi connectivity index (χ1v) is 5.04. The molecule has 0 heteroatoms. The number of unbranched alkanes of at least 4 members (excludes halogenated alkanes) is 2. The lowest BCUT2D eigenvalue weighted by Crippen LogP contribution is -1.61. The Morgan fingerprint density at radius 2 is 2.08 bits per heavy atom. The van der Waals surface area contributed by atoms with Crippen molar-refractivity contribution in [3.8, 4) is 0 Å². The Hall–Kier alpha value is -0.520. The molecule has 0 nitrogen and oxygen atoms in total. The third kappa shape index (κ3) is 6.21. The van der Waals surface area contributed by atoms with E-state index in [1.807, 2.05) is 6.08 Å². The minimum Gasteiger partial charge on any atom is -0.103 e. The van der Waals surface area contributed by atoms with Crippen molar-refractivity contribution >= 4 is 0 Å². The maximum atomic E-state index is 3.82. The van der Waals surface area contributed by atoms with Gasteiger partial charge in [-0.3, -0.25) is 0 Å². The quantitative estimate of drug-likeness (QED) is 0.430. The van der Waals surface area contributed by atoms with E-state index in [0.29, 0.717) is 0 Å². The van der Waals surface area contributed by atoms with Crippen molar-refractivity contribution in [1.82, 2.24) is 0 Å². The molecule has 0 bridgehead atoms. The van der Waals surface area contributed by atoms with Crippen molar-refractivity contribution in [2.24, 2.45) is 5.92 Å². The van der Waals surface area contributed by atoms with Gasteiger partial charge in [-0.2, -0.15) is 0 Å². The van der Waals surface area contributed by atoms with Crippen LogP contribution in [0.3, 0.4) is 0 Å². The van der Waals surface area contributed by atoms with Gasteiger partial charge in [0.25, 0.3) is 0 Å². The van der Waals surface area contributed by atoms with Crippen LogP contribution in [0.5, 0.6) is 0 Å². The lowest BCUT2D eigenvalue weighted by molar-refractivity contribution is 0.816. The minimum atomic E-state index is 0.907. The van der Waals surface area contributed by atoms with Crippen LogP contribution in [0.15, 0.2) is 24.8 Å². The van der Waals surface area contributed by atoms with Crippen molar-refractivity contribution in [2.45, 2.75) is 46.0 Å². The first-order chi connectivity index (χ1) is 5.76. The summed E-state index contributed by atoms with van der Waals surface area (Å²) in [5.41, 5.74) is 1.46. The molecule has 0 spiro atoms. The van der Waals surface area contributed by atoms with Gasteiger partial charge >= 0.3 is 0 Å². The molecule has 0 amide bonds. The summed E-state index contributed by atoms with van der Waals surface area (Å²) in [7, 11) is 0. The van der Waals surface area contributed by atoms with Crippen LogP contribution in [-0.4, -0.2) is 0 Å². The molecule has 1 fully saturated rings. The van der Waals surface area contributed by atoms with Gasteiger partial charge in [0.05, 0.1) is 0 Å². The lowest BCUT2D eigenvalue weighted by Gasteiger charge is -1.81. The highest BCUT2D eigenvalue weighted by Gasteiger charge is 2.23. The Morgan fingerprint density at radius 1 is 1.50 bits per heavy atom. The number of hydrogen-bond donors (Lipinski definition) is 0. The fourth-order valence-corrected chi connectivity index (χ4v) is 1.04. The summed E-state index contributed by atoms with van der Waals surface area (Å²) in [4.78, 5) is 0. The van der Waals surface area contributed by atoms with Crippen molar-refractivity contribution in [3.05, 3.63) is 24.8 Å². The molecule has 0 aromatic heterocycles. The average molecular weight is 166 g/mol. The van der Waals surface area contributed by atoms with E-state index >= 15 is 0 Å². The predicted octanol–water partition coefficient (Wildman–Crippen LogP) is 4.34. The van der Waals surface area contributed by atoms with Crippen LogP contribution < -0.4 is 0 Å². The molecule has 1 aliphatic rings. The minimum absolute atomic E-state index is 0.907. The van der Waals surface area contributed by atoms with Crippen LogP contribution in [0, 0.1) is 5.92 Å². The summed E-state index contributed by atoms with van der Waals surface area (Å²) in [6.07, 6.45) is 8.32. The standard InChI is InChI=1S/C6H10.C6H12/c1-3-6-4-5(6)2;1-3-5-6-4-2/h6H,2-4H2,1H3;3H,1,4-6H2,2H3. The Balaban J connectivity index is 0.000000202. The molecule has 1 saturated carbocycles. The molecule has 1 rings (SSSR count). The van der Waals surface area contributed by atoms with E-state index in [4.69, 9.17) is 0 Å². The molecule has 0 aliphatic heterocycles. The summed E-state index contributed by atoms with van der Waals surface area (Å²) in [5, 5.41) is 0. The van der Waals surface area contributed by atoms with E-state index in [-0.39, 0.29) is 0 Å². The molecule has 0 N–H and O–H groups in total. The molecular weight excluding hydrogens is 144 g/mol. The summed E-state index contributed by atoms with van der Waals surface area (Å²) in [6, 6.07) is 0. The zero-order valence-electron chi connectivity index (χ0n) is 8.60. The number of allylic oxidation sites excluding steroid dienone is 2. The van der Waals surface area contributed by atoms with Crippen LogP contribution >= 0.6 is 0 Å². The van der Waals surface area contributed by atoms with Crippen LogP contribution in [0.2, 0.25) is 0 Å². The topological polar surface area (TPSA) is 0 Å². The highest BCUT2D eigenvalue weighted by atomic mass is 14.3. The molecule has 0 radical (unpaired) electrons. The fourth-order valence-electron chi connectivity index (χ4n) is 1.04. The van der Waals surface area contributed by atoms with Crippen molar-refractivity contribution in [1.29, 1.82) is 0 Å². The second-order valence-corrected chi connectivity index (χ2v) is 3.40. The van der Waals surface area contributed by atoms with Gasteiger partial charge in [0.2, 0.25) is 0 Å².